The lowest BCUT2D eigenvalue weighted by Gasteiger charge is -2.15. The Hall–Kier alpha value is -3.06. The second kappa shape index (κ2) is 12.0. The van der Waals surface area contributed by atoms with Crippen LogP contribution in [0.2, 0.25) is 0 Å². The fourth-order valence-electron chi connectivity index (χ4n) is 3.26. The highest BCUT2D eigenvalue weighted by Gasteiger charge is 2.17. The van der Waals surface area contributed by atoms with Crippen molar-refractivity contribution in [1.29, 1.82) is 0 Å². The average Bonchev–Trinajstić information content (AvgIpc) is 3.31. The van der Waals surface area contributed by atoms with E-state index in [1.54, 1.807) is 24.3 Å². The quantitative estimate of drug-likeness (QED) is 0.476. The topological polar surface area (TPSA) is 88.7 Å². The van der Waals surface area contributed by atoms with Crippen molar-refractivity contribution >= 4 is 23.2 Å². The molecule has 1 aliphatic rings. The minimum atomic E-state index is -0.186. The van der Waals surface area contributed by atoms with E-state index in [0.717, 1.165) is 38.0 Å². The van der Waals surface area contributed by atoms with Gasteiger partial charge in [0.05, 0.1) is 18.3 Å². The first kappa shape index (κ1) is 22.6. The predicted molar refractivity (Wildman–Crippen MR) is 122 cm³/mol. The maximum Gasteiger partial charge on any atom is 0.251 e. The third kappa shape index (κ3) is 7.29. The highest BCUT2D eigenvalue weighted by molar-refractivity contribution is 5.96. The molecule has 0 saturated carbocycles. The summed E-state index contributed by atoms with van der Waals surface area (Å²) in [6.07, 6.45) is 4.20. The fraction of sp³-hybridized carbons (Fsp3) is 0.417. The summed E-state index contributed by atoms with van der Waals surface area (Å²) in [5.74, 6) is 0.408. The molecule has 1 unspecified atom stereocenters. The lowest BCUT2D eigenvalue weighted by molar-refractivity contribution is -0.114. The molecule has 0 spiro atoms. The van der Waals surface area contributed by atoms with Gasteiger partial charge in [0.15, 0.2) is 0 Å². The maximum absolute atomic E-state index is 12.3. The molecule has 3 N–H and O–H groups in total. The van der Waals surface area contributed by atoms with Crippen LogP contribution in [-0.4, -0.2) is 44.2 Å². The van der Waals surface area contributed by atoms with Crippen molar-refractivity contribution in [2.45, 2.75) is 38.7 Å². The predicted octanol–water partition coefficient (Wildman–Crippen LogP) is 3.82. The van der Waals surface area contributed by atoms with Crippen LogP contribution < -0.4 is 20.7 Å². The van der Waals surface area contributed by atoms with Crippen LogP contribution in [0, 0.1) is 0 Å². The molecular weight excluding hydrogens is 394 g/mol. The van der Waals surface area contributed by atoms with E-state index in [2.05, 4.69) is 22.9 Å². The third-order valence-corrected chi connectivity index (χ3v) is 5.02. The van der Waals surface area contributed by atoms with E-state index in [0.29, 0.717) is 30.2 Å². The molecule has 1 heterocycles. The van der Waals surface area contributed by atoms with Gasteiger partial charge in [-0.2, -0.15) is 0 Å². The molecule has 2 aromatic carbocycles. The number of rotatable bonds is 11. The van der Waals surface area contributed by atoms with Crippen molar-refractivity contribution in [3.63, 3.8) is 0 Å². The average molecular weight is 426 g/mol. The molecular formula is C24H31N3O4. The van der Waals surface area contributed by atoms with Gasteiger partial charge in [-0.1, -0.05) is 25.5 Å². The summed E-state index contributed by atoms with van der Waals surface area (Å²) in [5, 5.41) is 8.83. The van der Waals surface area contributed by atoms with Crippen LogP contribution in [0.5, 0.6) is 5.75 Å². The number of benzene rings is 2. The van der Waals surface area contributed by atoms with E-state index < -0.39 is 0 Å². The standard InChI is InChI=1S/C24H31N3O4/c1-2-3-14-25-24(29)18-10-12-19(13-11-18)27-23(28)16-26-21-8-4-5-9-22(21)31-17-20-7-6-15-30-20/h4-5,8-13,20,26H,2-3,6-7,14-17H2,1H3,(H,25,29)(H,27,28). The number of anilines is 2. The molecule has 1 atom stereocenters. The van der Waals surface area contributed by atoms with Gasteiger partial charge in [0.2, 0.25) is 5.91 Å². The van der Waals surface area contributed by atoms with Gasteiger partial charge in [-0.25, -0.2) is 0 Å². The summed E-state index contributed by atoms with van der Waals surface area (Å²) >= 11 is 0. The van der Waals surface area contributed by atoms with Gasteiger partial charge in [0.1, 0.15) is 12.4 Å². The highest BCUT2D eigenvalue weighted by Crippen LogP contribution is 2.25. The van der Waals surface area contributed by atoms with Gasteiger partial charge >= 0.3 is 0 Å². The third-order valence-electron chi connectivity index (χ3n) is 5.02. The second-order valence-electron chi connectivity index (χ2n) is 7.53. The molecule has 0 aromatic heterocycles. The first-order chi connectivity index (χ1) is 15.2. The van der Waals surface area contributed by atoms with Gasteiger partial charge in [-0.05, 0) is 55.7 Å². The summed E-state index contributed by atoms with van der Waals surface area (Å²) in [6.45, 7) is 4.13. The van der Waals surface area contributed by atoms with Crippen LogP contribution in [0.25, 0.3) is 0 Å². The molecule has 166 valence electrons. The first-order valence-corrected chi connectivity index (χ1v) is 10.9. The van der Waals surface area contributed by atoms with E-state index in [-0.39, 0.29) is 24.5 Å². The number of nitrogens with one attached hydrogen (secondary N) is 3. The molecule has 0 radical (unpaired) electrons. The molecule has 7 nitrogen and oxygen atoms in total. The molecule has 31 heavy (non-hydrogen) atoms. The first-order valence-electron chi connectivity index (χ1n) is 10.9. The number of hydrogen-bond acceptors (Lipinski definition) is 5. The summed E-state index contributed by atoms with van der Waals surface area (Å²) in [7, 11) is 0. The smallest absolute Gasteiger partial charge is 0.251 e. The van der Waals surface area contributed by atoms with Crippen LogP contribution in [0.15, 0.2) is 48.5 Å². The number of unbranched alkanes of at least 4 members (excludes halogenated alkanes) is 1. The number of carbonyl (C=O) groups excluding carboxylic acids is 2. The van der Waals surface area contributed by atoms with Crippen LogP contribution in [0.4, 0.5) is 11.4 Å². The zero-order valence-corrected chi connectivity index (χ0v) is 18.0. The number of ether oxygens (including phenoxy) is 2. The Bertz CT molecular complexity index is 848. The van der Waals surface area contributed by atoms with E-state index in [1.807, 2.05) is 24.3 Å². The number of amides is 2. The molecule has 0 bridgehead atoms. The largest absolute Gasteiger partial charge is 0.489 e. The monoisotopic (exact) mass is 425 g/mol. The number of hydrogen-bond donors (Lipinski definition) is 3. The summed E-state index contributed by atoms with van der Waals surface area (Å²) in [6, 6.07) is 14.4. The Morgan fingerprint density at radius 2 is 1.94 bits per heavy atom. The van der Waals surface area contributed by atoms with E-state index in [9.17, 15) is 9.59 Å². The van der Waals surface area contributed by atoms with Crippen LogP contribution in [0.1, 0.15) is 43.0 Å². The van der Waals surface area contributed by atoms with E-state index in [4.69, 9.17) is 9.47 Å². The number of carbonyl (C=O) groups is 2. The Kier molecular flexibility index (Phi) is 8.72. The minimum absolute atomic E-state index is 0.0968. The second-order valence-corrected chi connectivity index (χ2v) is 7.53. The van der Waals surface area contributed by atoms with Crippen molar-refractivity contribution in [2.24, 2.45) is 0 Å². The molecule has 1 aliphatic heterocycles. The summed E-state index contributed by atoms with van der Waals surface area (Å²) in [4.78, 5) is 24.4. The van der Waals surface area contributed by atoms with Gasteiger partial charge in [0.25, 0.3) is 5.91 Å². The maximum atomic E-state index is 12.3. The Balaban J connectivity index is 1.46. The zero-order valence-electron chi connectivity index (χ0n) is 18.0. The lowest BCUT2D eigenvalue weighted by Crippen LogP contribution is -2.24. The van der Waals surface area contributed by atoms with Gasteiger partial charge < -0.3 is 25.4 Å². The van der Waals surface area contributed by atoms with Crippen LogP contribution >= 0.6 is 0 Å². The van der Waals surface area contributed by atoms with E-state index >= 15 is 0 Å². The molecule has 2 amide bonds. The van der Waals surface area contributed by atoms with Crippen molar-refractivity contribution in [1.82, 2.24) is 5.32 Å². The zero-order chi connectivity index (χ0) is 21.9. The van der Waals surface area contributed by atoms with E-state index in [1.165, 1.54) is 0 Å². The van der Waals surface area contributed by atoms with Crippen molar-refractivity contribution in [3.05, 3.63) is 54.1 Å². The van der Waals surface area contributed by atoms with Crippen molar-refractivity contribution in [2.75, 3.05) is 36.9 Å². The summed E-state index contributed by atoms with van der Waals surface area (Å²) < 4.78 is 11.5. The molecule has 2 aromatic rings. The number of para-hydroxylation sites is 2. The normalized spacial score (nSPS) is 15.3. The molecule has 7 heteroatoms. The minimum Gasteiger partial charge on any atom is -0.489 e. The van der Waals surface area contributed by atoms with Gasteiger partial charge in [-0.15, -0.1) is 0 Å². The Morgan fingerprint density at radius 1 is 1.13 bits per heavy atom. The Labute approximate surface area is 183 Å². The van der Waals surface area contributed by atoms with Crippen LogP contribution in [-0.2, 0) is 9.53 Å². The molecule has 3 rings (SSSR count). The van der Waals surface area contributed by atoms with Gasteiger partial charge in [0, 0.05) is 24.4 Å². The van der Waals surface area contributed by atoms with Gasteiger partial charge in [-0.3, -0.25) is 9.59 Å². The Morgan fingerprint density at radius 3 is 2.68 bits per heavy atom. The van der Waals surface area contributed by atoms with Crippen LogP contribution in [0.3, 0.4) is 0 Å². The van der Waals surface area contributed by atoms with Crippen molar-refractivity contribution < 1.29 is 19.1 Å². The molecule has 0 aliphatic carbocycles. The molecule has 1 saturated heterocycles. The summed E-state index contributed by atoms with van der Waals surface area (Å²) in [5.41, 5.74) is 1.97. The SMILES string of the molecule is CCCCNC(=O)c1ccc(NC(=O)CNc2ccccc2OCC2CCCO2)cc1. The highest BCUT2D eigenvalue weighted by atomic mass is 16.5. The molecule has 1 fully saturated rings. The lowest BCUT2D eigenvalue weighted by atomic mass is 10.2. The fourth-order valence-corrected chi connectivity index (χ4v) is 3.26. The van der Waals surface area contributed by atoms with Crippen molar-refractivity contribution in [3.8, 4) is 5.75 Å².